The molecule has 0 unspecified atom stereocenters. The number of amides is 2. The largest absolute Gasteiger partial charge is 0.481 e. The van der Waals surface area contributed by atoms with Gasteiger partial charge in [0, 0.05) is 49.6 Å². The van der Waals surface area contributed by atoms with Gasteiger partial charge in [-0.1, -0.05) is 42.5 Å². The molecule has 0 spiro atoms. The summed E-state index contributed by atoms with van der Waals surface area (Å²) in [4.78, 5) is 37.5. The summed E-state index contributed by atoms with van der Waals surface area (Å²) in [7, 11) is 3.24. The van der Waals surface area contributed by atoms with E-state index in [2.05, 4.69) is 52.8 Å². The molecule has 2 aromatic carbocycles. The number of carbonyl (C=O) groups is 2. The third kappa shape index (κ3) is 6.43. The minimum absolute atomic E-state index is 0.155. The average molecular weight is 576 g/mol. The highest BCUT2D eigenvalue weighted by Crippen LogP contribution is 2.32. The standard InChI is InChI=1S/C35H37N5O3/c1-23-11-12-24(2)34-33(23)29(25(3)40(34)22-27-15-17-36-18-16-27)20-31(41)38-30(19-26-9-7-6-8-10-26)35(42)39(4)28-13-14-32(43-5)37-21-28/h6-18,21,30H,19-20,22H2,1-5H3,(H,38,41)/t30-/m0/s1. The van der Waals surface area contributed by atoms with Gasteiger partial charge in [-0.15, -0.1) is 0 Å². The van der Waals surface area contributed by atoms with Crippen LogP contribution in [-0.2, 0) is 29.0 Å². The Morgan fingerprint density at radius 2 is 1.65 bits per heavy atom. The summed E-state index contributed by atoms with van der Waals surface area (Å²) in [6, 6.07) is 20.7. The second kappa shape index (κ2) is 12.9. The Labute approximate surface area is 252 Å². The zero-order valence-corrected chi connectivity index (χ0v) is 25.3. The maximum atomic E-state index is 13.8. The molecule has 0 saturated carbocycles. The highest BCUT2D eigenvalue weighted by molar-refractivity contribution is 6.00. The number of hydrogen-bond donors (Lipinski definition) is 1. The van der Waals surface area contributed by atoms with E-state index < -0.39 is 6.04 Å². The first-order chi connectivity index (χ1) is 20.8. The second-order valence-electron chi connectivity index (χ2n) is 10.9. The van der Waals surface area contributed by atoms with Crippen LogP contribution in [0.3, 0.4) is 0 Å². The van der Waals surface area contributed by atoms with Crippen molar-refractivity contribution in [2.75, 3.05) is 19.1 Å². The van der Waals surface area contributed by atoms with Gasteiger partial charge in [0.25, 0.3) is 0 Å². The first-order valence-corrected chi connectivity index (χ1v) is 14.3. The number of aromatic nitrogens is 3. The molecule has 43 heavy (non-hydrogen) atoms. The minimum atomic E-state index is -0.768. The molecule has 8 heteroatoms. The quantitative estimate of drug-likeness (QED) is 0.243. The molecule has 0 bridgehead atoms. The molecule has 0 aliphatic heterocycles. The molecule has 1 atom stereocenters. The Morgan fingerprint density at radius 1 is 0.930 bits per heavy atom. The molecule has 5 rings (SSSR count). The van der Waals surface area contributed by atoms with Crippen LogP contribution >= 0.6 is 0 Å². The number of methoxy groups -OCH3 is 1. The Balaban J connectivity index is 1.45. The second-order valence-corrected chi connectivity index (χ2v) is 10.9. The van der Waals surface area contributed by atoms with Crippen molar-refractivity contribution in [2.24, 2.45) is 0 Å². The summed E-state index contributed by atoms with van der Waals surface area (Å²) in [5.41, 5.74) is 8.10. The number of likely N-dealkylation sites (N-methyl/N-ethyl adjacent to an activating group) is 1. The van der Waals surface area contributed by atoms with Crippen molar-refractivity contribution in [3.05, 3.63) is 119 Å². The lowest BCUT2D eigenvalue weighted by molar-refractivity contribution is -0.127. The number of ether oxygens (including phenoxy) is 1. The van der Waals surface area contributed by atoms with Crippen LogP contribution in [-0.4, -0.2) is 46.5 Å². The van der Waals surface area contributed by atoms with Crippen molar-refractivity contribution in [3.63, 3.8) is 0 Å². The number of carbonyl (C=O) groups excluding carboxylic acids is 2. The van der Waals surface area contributed by atoms with Gasteiger partial charge in [0.05, 0.1) is 30.9 Å². The number of hydrogen-bond acceptors (Lipinski definition) is 5. The fraction of sp³-hybridized carbons (Fsp3) is 0.257. The van der Waals surface area contributed by atoms with Gasteiger partial charge < -0.3 is 19.5 Å². The predicted molar refractivity (Wildman–Crippen MR) is 169 cm³/mol. The number of fused-ring (bicyclic) bond motifs is 1. The van der Waals surface area contributed by atoms with Crippen LogP contribution in [0.25, 0.3) is 10.9 Å². The molecule has 5 aromatic rings. The lowest BCUT2D eigenvalue weighted by Crippen LogP contribution is -2.49. The van der Waals surface area contributed by atoms with Gasteiger partial charge in [0.1, 0.15) is 6.04 Å². The number of nitrogens with zero attached hydrogens (tertiary/aromatic N) is 4. The number of nitrogens with one attached hydrogen (secondary N) is 1. The predicted octanol–water partition coefficient (Wildman–Crippen LogP) is 5.35. The Kier molecular flexibility index (Phi) is 8.85. The number of anilines is 1. The van der Waals surface area contributed by atoms with E-state index in [0.717, 1.165) is 44.4 Å². The summed E-state index contributed by atoms with van der Waals surface area (Å²) in [5, 5.41) is 4.17. The van der Waals surface area contributed by atoms with Gasteiger partial charge in [-0.05, 0) is 66.8 Å². The molecule has 0 saturated heterocycles. The smallest absolute Gasteiger partial charge is 0.249 e. The number of aryl methyl sites for hydroxylation is 2. The van der Waals surface area contributed by atoms with Crippen molar-refractivity contribution in [2.45, 2.75) is 46.2 Å². The molecule has 220 valence electrons. The molecule has 1 N–H and O–H groups in total. The van der Waals surface area contributed by atoms with E-state index in [9.17, 15) is 9.59 Å². The lowest BCUT2D eigenvalue weighted by atomic mass is 10.00. The van der Waals surface area contributed by atoms with Crippen molar-refractivity contribution < 1.29 is 14.3 Å². The number of benzene rings is 2. The first kappa shape index (κ1) is 29.5. The monoisotopic (exact) mass is 575 g/mol. The molecule has 8 nitrogen and oxygen atoms in total. The average Bonchev–Trinajstić information content (AvgIpc) is 3.30. The van der Waals surface area contributed by atoms with E-state index in [1.807, 2.05) is 42.5 Å². The topological polar surface area (TPSA) is 89.4 Å². The molecular formula is C35H37N5O3. The summed E-state index contributed by atoms with van der Waals surface area (Å²) >= 11 is 0. The molecule has 3 aromatic heterocycles. The summed E-state index contributed by atoms with van der Waals surface area (Å²) < 4.78 is 7.44. The van der Waals surface area contributed by atoms with Crippen LogP contribution in [0.15, 0.2) is 85.3 Å². The Morgan fingerprint density at radius 3 is 2.33 bits per heavy atom. The van der Waals surface area contributed by atoms with Gasteiger partial charge in [0.2, 0.25) is 17.7 Å². The van der Waals surface area contributed by atoms with Gasteiger partial charge in [-0.2, -0.15) is 0 Å². The van der Waals surface area contributed by atoms with Crippen LogP contribution in [0, 0.1) is 20.8 Å². The fourth-order valence-electron chi connectivity index (χ4n) is 5.63. The van der Waals surface area contributed by atoms with E-state index >= 15 is 0 Å². The normalized spacial score (nSPS) is 11.7. The van der Waals surface area contributed by atoms with Crippen LogP contribution in [0.1, 0.15) is 33.5 Å². The number of rotatable bonds is 10. The molecular weight excluding hydrogens is 538 g/mol. The minimum Gasteiger partial charge on any atom is -0.481 e. The fourth-order valence-corrected chi connectivity index (χ4v) is 5.63. The van der Waals surface area contributed by atoms with Gasteiger partial charge in [-0.25, -0.2) is 4.98 Å². The van der Waals surface area contributed by atoms with Gasteiger partial charge in [-0.3, -0.25) is 14.6 Å². The maximum Gasteiger partial charge on any atom is 0.249 e. The molecule has 0 radical (unpaired) electrons. The zero-order chi connectivity index (χ0) is 30.5. The van der Waals surface area contributed by atoms with Crippen molar-refractivity contribution >= 4 is 28.4 Å². The number of pyridine rings is 2. The molecule has 0 aliphatic rings. The molecule has 2 amide bonds. The summed E-state index contributed by atoms with van der Waals surface area (Å²) in [6.07, 6.45) is 5.70. The zero-order valence-electron chi connectivity index (χ0n) is 25.3. The van der Waals surface area contributed by atoms with Gasteiger partial charge >= 0.3 is 0 Å². The van der Waals surface area contributed by atoms with Crippen LogP contribution in [0.5, 0.6) is 5.88 Å². The van der Waals surface area contributed by atoms with E-state index in [-0.39, 0.29) is 18.2 Å². The van der Waals surface area contributed by atoms with Crippen LogP contribution in [0.2, 0.25) is 0 Å². The van der Waals surface area contributed by atoms with Gasteiger partial charge in [0.15, 0.2) is 0 Å². The third-order valence-corrected chi connectivity index (χ3v) is 7.99. The molecule has 0 fully saturated rings. The van der Waals surface area contributed by atoms with Crippen LogP contribution < -0.4 is 15.0 Å². The van der Waals surface area contributed by atoms with E-state index in [0.29, 0.717) is 24.5 Å². The first-order valence-electron chi connectivity index (χ1n) is 14.3. The Hall–Kier alpha value is -4.98. The Bertz CT molecular complexity index is 1730. The highest BCUT2D eigenvalue weighted by atomic mass is 16.5. The lowest BCUT2D eigenvalue weighted by Gasteiger charge is -2.25. The summed E-state index contributed by atoms with van der Waals surface area (Å²) in [5.74, 6) is 0.0262. The molecule has 3 heterocycles. The SMILES string of the molecule is COc1ccc(N(C)C(=O)[C@H](Cc2ccccc2)NC(=O)Cc2c(C)n(Cc3ccncc3)c3c(C)ccc(C)c23)cn1. The van der Waals surface area contributed by atoms with Crippen molar-refractivity contribution in [1.29, 1.82) is 0 Å². The third-order valence-electron chi connectivity index (χ3n) is 7.99. The maximum absolute atomic E-state index is 13.8. The van der Waals surface area contributed by atoms with E-state index in [4.69, 9.17) is 4.74 Å². The van der Waals surface area contributed by atoms with E-state index in [1.54, 1.807) is 44.9 Å². The van der Waals surface area contributed by atoms with Crippen LogP contribution in [0.4, 0.5) is 5.69 Å². The van der Waals surface area contributed by atoms with Crippen molar-refractivity contribution in [3.8, 4) is 5.88 Å². The molecule has 0 aliphatic carbocycles. The summed E-state index contributed by atoms with van der Waals surface area (Å²) in [6.45, 7) is 6.93. The van der Waals surface area contributed by atoms with Crippen molar-refractivity contribution in [1.82, 2.24) is 19.9 Å². The van der Waals surface area contributed by atoms with E-state index in [1.165, 1.54) is 4.90 Å². The highest BCUT2D eigenvalue weighted by Gasteiger charge is 2.27.